The molecule has 126 valence electrons. The molecule has 0 spiro atoms. The van der Waals surface area contributed by atoms with Crippen molar-refractivity contribution < 1.29 is 14.2 Å². The topological polar surface area (TPSA) is 78.1 Å². The normalized spacial score (nSPS) is 10.9. The van der Waals surface area contributed by atoms with Crippen molar-refractivity contribution >= 4 is 29.9 Å². The van der Waals surface area contributed by atoms with Gasteiger partial charge in [-0.1, -0.05) is 13.8 Å². The van der Waals surface area contributed by atoms with Crippen LogP contribution in [0, 0.1) is 5.92 Å². The van der Waals surface area contributed by atoms with Crippen LogP contribution in [0.3, 0.4) is 0 Å². The van der Waals surface area contributed by atoms with E-state index in [1.165, 1.54) is 0 Å². The summed E-state index contributed by atoms with van der Waals surface area (Å²) in [6, 6.07) is 3.62. The van der Waals surface area contributed by atoms with Gasteiger partial charge in [-0.15, -0.1) is 24.0 Å². The Labute approximate surface area is 149 Å². The van der Waals surface area contributed by atoms with Gasteiger partial charge in [-0.2, -0.15) is 0 Å². The van der Waals surface area contributed by atoms with Crippen molar-refractivity contribution in [3.63, 3.8) is 0 Å². The average molecular weight is 423 g/mol. The van der Waals surface area contributed by atoms with Crippen LogP contribution in [0.4, 0.5) is 0 Å². The Hall–Kier alpha value is -1.38. The summed E-state index contributed by atoms with van der Waals surface area (Å²) in [5, 5.41) is 3.07. The van der Waals surface area contributed by atoms with E-state index in [9.17, 15) is 0 Å². The van der Waals surface area contributed by atoms with E-state index < -0.39 is 0 Å². The van der Waals surface area contributed by atoms with Crippen LogP contribution in [-0.2, 0) is 6.54 Å². The first-order chi connectivity index (χ1) is 10.0. The molecule has 0 aliphatic heterocycles. The zero-order valence-corrected chi connectivity index (χ0v) is 16.1. The Kier molecular flexibility index (Phi) is 9.71. The lowest BCUT2D eigenvalue weighted by molar-refractivity contribution is 0.347. The molecule has 0 aliphatic rings. The second kappa shape index (κ2) is 10.4. The van der Waals surface area contributed by atoms with Gasteiger partial charge in [0.2, 0.25) is 0 Å². The van der Waals surface area contributed by atoms with E-state index in [2.05, 4.69) is 24.2 Å². The van der Waals surface area contributed by atoms with E-state index in [4.69, 9.17) is 19.9 Å². The fourth-order valence-electron chi connectivity index (χ4n) is 1.75. The predicted octanol–water partition coefficient (Wildman–Crippen LogP) is 2.39. The van der Waals surface area contributed by atoms with Gasteiger partial charge >= 0.3 is 0 Å². The first kappa shape index (κ1) is 20.6. The molecule has 0 saturated heterocycles. The van der Waals surface area contributed by atoms with Crippen LogP contribution in [0.25, 0.3) is 0 Å². The Morgan fingerprint density at radius 1 is 1.09 bits per heavy atom. The van der Waals surface area contributed by atoms with Crippen LogP contribution >= 0.6 is 24.0 Å². The SMILES string of the molecule is COc1cc(OC)c(OC)cc1CN=C(N)NCC(C)C.I. The number of hydrogen-bond acceptors (Lipinski definition) is 4. The highest BCUT2D eigenvalue weighted by Crippen LogP contribution is 2.34. The maximum atomic E-state index is 5.83. The molecule has 0 amide bonds. The van der Waals surface area contributed by atoms with Crippen LogP contribution < -0.4 is 25.3 Å². The van der Waals surface area contributed by atoms with Gasteiger partial charge in [0.25, 0.3) is 0 Å². The molecule has 0 heterocycles. The average Bonchev–Trinajstić information content (AvgIpc) is 2.49. The quantitative estimate of drug-likeness (QED) is 0.400. The van der Waals surface area contributed by atoms with Gasteiger partial charge < -0.3 is 25.3 Å². The minimum absolute atomic E-state index is 0. The number of nitrogens with two attached hydrogens (primary N) is 1. The lowest BCUT2D eigenvalue weighted by atomic mass is 10.1. The van der Waals surface area contributed by atoms with E-state index in [1.807, 2.05) is 6.07 Å². The van der Waals surface area contributed by atoms with Crippen molar-refractivity contribution in [1.82, 2.24) is 5.32 Å². The van der Waals surface area contributed by atoms with E-state index in [0.29, 0.717) is 35.7 Å². The van der Waals surface area contributed by atoms with Crippen molar-refractivity contribution in [3.05, 3.63) is 17.7 Å². The number of halogens is 1. The molecule has 1 aromatic rings. The van der Waals surface area contributed by atoms with Crippen molar-refractivity contribution in [2.45, 2.75) is 20.4 Å². The first-order valence-corrected chi connectivity index (χ1v) is 6.84. The van der Waals surface area contributed by atoms with Gasteiger partial charge in [0, 0.05) is 18.2 Å². The van der Waals surface area contributed by atoms with Crippen LogP contribution in [0.15, 0.2) is 17.1 Å². The van der Waals surface area contributed by atoms with Gasteiger partial charge in [0.05, 0.1) is 27.9 Å². The molecule has 0 radical (unpaired) electrons. The van der Waals surface area contributed by atoms with E-state index in [-0.39, 0.29) is 24.0 Å². The molecule has 0 aliphatic carbocycles. The minimum atomic E-state index is 0. The zero-order chi connectivity index (χ0) is 15.8. The van der Waals surface area contributed by atoms with E-state index in [0.717, 1.165) is 12.1 Å². The third-order valence-corrected chi connectivity index (χ3v) is 2.90. The summed E-state index contributed by atoms with van der Waals surface area (Å²) < 4.78 is 15.9. The van der Waals surface area contributed by atoms with Gasteiger partial charge in [0.15, 0.2) is 17.5 Å². The zero-order valence-electron chi connectivity index (χ0n) is 13.8. The van der Waals surface area contributed by atoms with Crippen LogP contribution in [0.2, 0.25) is 0 Å². The number of nitrogens with one attached hydrogen (secondary N) is 1. The van der Waals surface area contributed by atoms with Crippen LogP contribution in [-0.4, -0.2) is 33.8 Å². The third kappa shape index (κ3) is 6.17. The standard InChI is InChI=1S/C15H25N3O3.HI/c1-10(2)8-17-15(16)18-9-11-6-13(20-4)14(21-5)7-12(11)19-3;/h6-7,10H,8-9H2,1-5H3,(H3,16,17,18);1H. The Balaban J connectivity index is 0.00000441. The second-order valence-electron chi connectivity index (χ2n) is 5.00. The maximum absolute atomic E-state index is 5.83. The highest BCUT2D eigenvalue weighted by molar-refractivity contribution is 14.0. The molecule has 0 unspecified atom stereocenters. The number of methoxy groups -OCH3 is 3. The van der Waals surface area contributed by atoms with Crippen LogP contribution in [0.5, 0.6) is 17.2 Å². The minimum Gasteiger partial charge on any atom is -0.496 e. The molecule has 1 aromatic carbocycles. The number of guanidine groups is 1. The fourth-order valence-corrected chi connectivity index (χ4v) is 1.75. The number of nitrogens with zero attached hydrogens (tertiary/aromatic N) is 1. The summed E-state index contributed by atoms with van der Waals surface area (Å²) in [5.41, 5.74) is 6.71. The van der Waals surface area contributed by atoms with E-state index in [1.54, 1.807) is 27.4 Å². The lowest BCUT2D eigenvalue weighted by Gasteiger charge is -2.13. The highest BCUT2D eigenvalue weighted by atomic mass is 127. The fraction of sp³-hybridized carbons (Fsp3) is 0.533. The van der Waals surface area contributed by atoms with Crippen molar-refractivity contribution in [2.75, 3.05) is 27.9 Å². The summed E-state index contributed by atoms with van der Waals surface area (Å²) in [6.07, 6.45) is 0. The van der Waals surface area contributed by atoms with Gasteiger partial charge in [-0.05, 0) is 12.0 Å². The van der Waals surface area contributed by atoms with Crippen molar-refractivity contribution in [2.24, 2.45) is 16.6 Å². The van der Waals surface area contributed by atoms with Crippen molar-refractivity contribution in [1.29, 1.82) is 0 Å². The molecule has 1 rings (SSSR count). The monoisotopic (exact) mass is 423 g/mol. The molecule has 0 fully saturated rings. The lowest BCUT2D eigenvalue weighted by Crippen LogP contribution is -2.34. The molecule has 0 bridgehead atoms. The second-order valence-corrected chi connectivity index (χ2v) is 5.00. The largest absolute Gasteiger partial charge is 0.496 e. The Bertz CT molecular complexity index is 493. The summed E-state index contributed by atoms with van der Waals surface area (Å²) >= 11 is 0. The third-order valence-electron chi connectivity index (χ3n) is 2.90. The van der Waals surface area contributed by atoms with Gasteiger partial charge in [-0.25, -0.2) is 4.99 Å². The molecule has 0 saturated carbocycles. The first-order valence-electron chi connectivity index (χ1n) is 6.84. The van der Waals surface area contributed by atoms with Crippen molar-refractivity contribution in [3.8, 4) is 17.2 Å². The van der Waals surface area contributed by atoms with Gasteiger partial charge in [0.1, 0.15) is 5.75 Å². The number of hydrogen-bond donors (Lipinski definition) is 2. The summed E-state index contributed by atoms with van der Waals surface area (Å²) in [7, 11) is 4.79. The number of benzene rings is 1. The Morgan fingerprint density at radius 2 is 1.64 bits per heavy atom. The number of rotatable bonds is 7. The Morgan fingerprint density at radius 3 is 2.14 bits per heavy atom. The molecule has 0 aromatic heterocycles. The summed E-state index contributed by atoms with van der Waals surface area (Å²) in [4.78, 5) is 4.31. The molecular weight excluding hydrogens is 397 g/mol. The molecule has 22 heavy (non-hydrogen) atoms. The van der Waals surface area contributed by atoms with Crippen LogP contribution in [0.1, 0.15) is 19.4 Å². The molecule has 0 atom stereocenters. The molecule has 6 nitrogen and oxygen atoms in total. The maximum Gasteiger partial charge on any atom is 0.188 e. The summed E-state index contributed by atoms with van der Waals surface area (Å²) in [6.45, 7) is 5.41. The number of aliphatic imine (C=N–C) groups is 1. The highest BCUT2D eigenvalue weighted by Gasteiger charge is 2.11. The van der Waals surface area contributed by atoms with Gasteiger partial charge in [-0.3, -0.25) is 0 Å². The number of ether oxygens (including phenoxy) is 3. The molecule has 3 N–H and O–H groups in total. The molecule has 7 heteroatoms. The smallest absolute Gasteiger partial charge is 0.188 e. The predicted molar refractivity (Wildman–Crippen MR) is 99.7 cm³/mol. The van der Waals surface area contributed by atoms with E-state index >= 15 is 0 Å². The molecular formula is C15H26IN3O3. The summed E-state index contributed by atoms with van der Waals surface area (Å²) in [5.74, 6) is 2.87.